The number of hydrogen-bond donors (Lipinski definition) is 1. The SMILES string of the molecule is CCSCCC(O)Cc1cccc(F)c1F. The van der Waals surface area contributed by atoms with Gasteiger partial charge in [-0.3, -0.25) is 0 Å². The highest BCUT2D eigenvalue weighted by molar-refractivity contribution is 7.99. The van der Waals surface area contributed by atoms with Crippen molar-refractivity contribution >= 4 is 11.8 Å². The highest BCUT2D eigenvalue weighted by Gasteiger charge is 2.12. The minimum atomic E-state index is -0.854. The summed E-state index contributed by atoms with van der Waals surface area (Å²) in [6.45, 7) is 2.04. The number of rotatable bonds is 6. The Bertz CT molecular complexity index is 331. The first-order valence-electron chi connectivity index (χ1n) is 5.33. The fourth-order valence-corrected chi connectivity index (χ4v) is 2.15. The molecule has 1 aromatic carbocycles. The van der Waals surface area contributed by atoms with Crippen LogP contribution in [-0.2, 0) is 6.42 Å². The lowest BCUT2D eigenvalue weighted by Gasteiger charge is -2.10. The smallest absolute Gasteiger partial charge is 0.162 e. The van der Waals surface area contributed by atoms with Crippen molar-refractivity contribution in [2.75, 3.05) is 11.5 Å². The minimum Gasteiger partial charge on any atom is -0.393 e. The van der Waals surface area contributed by atoms with Crippen LogP contribution in [0, 0.1) is 11.6 Å². The van der Waals surface area contributed by atoms with Gasteiger partial charge in [0.2, 0.25) is 0 Å². The van der Waals surface area contributed by atoms with Gasteiger partial charge in [0.15, 0.2) is 11.6 Å². The van der Waals surface area contributed by atoms with Crippen LogP contribution in [0.15, 0.2) is 18.2 Å². The van der Waals surface area contributed by atoms with Gasteiger partial charge in [-0.15, -0.1) is 0 Å². The highest BCUT2D eigenvalue weighted by Crippen LogP contribution is 2.15. The molecule has 0 amide bonds. The summed E-state index contributed by atoms with van der Waals surface area (Å²) in [7, 11) is 0. The van der Waals surface area contributed by atoms with Gasteiger partial charge in [-0.2, -0.15) is 11.8 Å². The summed E-state index contributed by atoms with van der Waals surface area (Å²) in [4.78, 5) is 0. The molecule has 0 saturated carbocycles. The quantitative estimate of drug-likeness (QED) is 0.779. The zero-order chi connectivity index (χ0) is 12.0. The molecule has 1 aromatic rings. The maximum Gasteiger partial charge on any atom is 0.162 e. The van der Waals surface area contributed by atoms with E-state index in [1.807, 2.05) is 6.92 Å². The Kier molecular flexibility index (Phi) is 5.77. The Morgan fingerprint density at radius 2 is 2.12 bits per heavy atom. The van der Waals surface area contributed by atoms with E-state index in [2.05, 4.69) is 0 Å². The zero-order valence-corrected chi connectivity index (χ0v) is 10.1. The Balaban J connectivity index is 2.49. The van der Waals surface area contributed by atoms with Gasteiger partial charge in [0.05, 0.1) is 6.10 Å². The molecule has 0 fully saturated rings. The van der Waals surface area contributed by atoms with E-state index in [0.29, 0.717) is 6.42 Å². The number of aliphatic hydroxyl groups excluding tert-OH is 1. The van der Waals surface area contributed by atoms with E-state index in [1.165, 1.54) is 12.1 Å². The third kappa shape index (κ3) is 4.10. The first-order chi connectivity index (χ1) is 7.65. The molecule has 90 valence electrons. The summed E-state index contributed by atoms with van der Waals surface area (Å²) in [6, 6.07) is 4.05. The molecule has 0 spiro atoms. The summed E-state index contributed by atoms with van der Waals surface area (Å²) < 4.78 is 26.1. The molecule has 0 saturated heterocycles. The Labute approximate surface area is 98.9 Å². The van der Waals surface area contributed by atoms with Crippen LogP contribution in [0.3, 0.4) is 0 Å². The highest BCUT2D eigenvalue weighted by atomic mass is 32.2. The van der Waals surface area contributed by atoms with E-state index >= 15 is 0 Å². The van der Waals surface area contributed by atoms with E-state index in [9.17, 15) is 13.9 Å². The molecule has 1 rings (SSSR count). The van der Waals surface area contributed by atoms with Crippen LogP contribution in [0.25, 0.3) is 0 Å². The summed E-state index contributed by atoms with van der Waals surface area (Å²) in [5.74, 6) is 0.146. The topological polar surface area (TPSA) is 20.2 Å². The number of halogens is 2. The van der Waals surface area contributed by atoms with Crippen LogP contribution in [0.5, 0.6) is 0 Å². The van der Waals surface area contributed by atoms with Crippen LogP contribution in [0.2, 0.25) is 0 Å². The van der Waals surface area contributed by atoms with Gasteiger partial charge < -0.3 is 5.11 Å². The van der Waals surface area contributed by atoms with Crippen LogP contribution in [0.1, 0.15) is 18.9 Å². The van der Waals surface area contributed by atoms with Crippen LogP contribution >= 0.6 is 11.8 Å². The van der Waals surface area contributed by atoms with E-state index in [4.69, 9.17) is 0 Å². The fraction of sp³-hybridized carbons (Fsp3) is 0.500. The lowest BCUT2D eigenvalue weighted by atomic mass is 10.1. The van der Waals surface area contributed by atoms with Crippen molar-refractivity contribution in [3.63, 3.8) is 0 Å². The van der Waals surface area contributed by atoms with Crippen molar-refractivity contribution in [1.29, 1.82) is 0 Å². The standard InChI is InChI=1S/C12H16F2OS/c1-2-16-7-6-10(15)8-9-4-3-5-11(13)12(9)14/h3-5,10,15H,2,6-8H2,1H3. The van der Waals surface area contributed by atoms with Gasteiger partial charge in [-0.1, -0.05) is 19.1 Å². The second-order valence-electron chi connectivity index (χ2n) is 3.56. The molecule has 0 aliphatic rings. The minimum absolute atomic E-state index is 0.174. The molecule has 1 nitrogen and oxygen atoms in total. The van der Waals surface area contributed by atoms with Gasteiger partial charge >= 0.3 is 0 Å². The van der Waals surface area contributed by atoms with Gasteiger partial charge in [0.1, 0.15) is 0 Å². The van der Waals surface area contributed by atoms with Crippen LogP contribution < -0.4 is 0 Å². The first kappa shape index (κ1) is 13.5. The third-order valence-electron chi connectivity index (χ3n) is 2.29. The van der Waals surface area contributed by atoms with E-state index < -0.39 is 17.7 Å². The molecule has 1 unspecified atom stereocenters. The predicted molar refractivity (Wildman–Crippen MR) is 63.7 cm³/mol. The van der Waals surface area contributed by atoms with Crippen LogP contribution in [-0.4, -0.2) is 22.7 Å². The summed E-state index contributed by atoms with van der Waals surface area (Å²) in [6.07, 6.45) is 0.179. The normalized spacial score (nSPS) is 12.8. The molecule has 1 N–H and O–H groups in total. The summed E-state index contributed by atoms with van der Waals surface area (Å²) in [5, 5.41) is 9.64. The van der Waals surface area contributed by atoms with E-state index in [-0.39, 0.29) is 12.0 Å². The van der Waals surface area contributed by atoms with Crippen molar-refractivity contribution in [2.24, 2.45) is 0 Å². The largest absolute Gasteiger partial charge is 0.393 e. The van der Waals surface area contributed by atoms with Crippen LogP contribution in [0.4, 0.5) is 8.78 Å². The maximum atomic E-state index is 13.3. The molecule has 0 aliphatic heterocycles. The van der Waals surface area contributed by atoms with Crippen molar-refractivity contribution < 1.29 is 13.9 Å². The van der Waals surface area contributed by atoms with E-state index in [0.717, 1.165) is 17.6 Å². The van der Waals surface area contributed by atoms with Crippen molar-refractivity contribution in [1.82, 2.24) is 0 Å². The Morgan fingerprint density at radius 3 is 2.81 bits per heavy atom. The molecule has 0 radical (unpaired) electrons. The van der Waals surface area contributed by atoms with E-state index in [1.54, 1.807) is 11.8 Å². The summed E-state index contributed by atoms with van der Waals surface area (Å²) >= 11 is 1.73. The average molecular weight is 246 g/mol. The second-order valence-corrected chi connectivity index (χ2v) is 4.95. The molecule has 0 aliphatic carbocycles. The molecule has 0 heterocycles. The third-order valence-corrected chi connectivity index (χ3v) is 3.22. The molecule has 0 bridgehead atoms. The number of thioether (sulfide) groups is 1. The summed E-state index contributed by atoms with van der Waals surface area (Å²) in [5.41, 5.74) is 0.244. The Hall–Kier alpha value is -0.610. The lowest BCUT2D eigenvalue weighted by molar-refractivity contribution is 0.170. The predicted octanol–water partition coefficient (Wildman–Crippen LogP) is 3.01. The van der Waals surface area contributed by atoms with Gasteiger partial charge in [-0.25, -0.2) is 8.78 Å². The van der Waals surface area contributed by atoms with Crippen molar-refractivity contribution in [3.8, 4) is 0 Å². The van der Waals surface area contributed by atoms with Gasteiger partial charge in [-0.05, 0) is 29.6 Å². The lowest BCUT2D eigenvalue weighted by Crippen LogP contribution is -2.13. The molecular formula is C12H16F2OS. The average Bonchev–Trinajstić information content (AvgIpc) is 2.25. The second kappa shape index (κ2) is 6.86. The number of hydrogen-bond acceptors (Lipinski definition) is 2. The number of benzene rings is 1. The zero-order valence-electron chi connectivity index (χ0n) is 9.25. The van der Waals surface area contributed by atoms with Gasteiger partial charge in [0.25, 0.3) is 0 Å². The fourth-order valence-electron chi connectivity index (χ4n) is 1.43. The molecular weight excluding hydrogens is 230 g/mol. The number of aliphatic hydroxyl groups is 1. The maximum absolute atomic E-state index is 13.3. The monoisotopic (exact) mass is 246 g/mol. The Morgan fingerprint density at radius 1 is 1.38 bits per heavy atom. The molecule has 0 aromatic heterocycles. The molecule has 4 heteroatoms. The molecule has 16 heavy (non-hydrogen) atoms. The van der Waals surface area contributed by atoms with Crippen molar-refractivity contribution in [2.45, 2.75) is 25.9 Å². The van der Waals surface area contributed by atoms with Gasteiger partial charge in [0, 0.05) is 6.42 Å². The first-order valence-corrected chi connectivity index (χ1v) is 6.49. The molecule has 1 atom stereocenters. The van der Waals surface area contributed by atoms with Crippen molar-refractivity contribution in [3.05, 3.63) is 35.4 Å².